The molecule has 8 nitrogen and oxygen atoms in total. The number of hydrogen-bond donors (Lipinski definition) is 1. The first-order chi connectivity index (χ1) is 21.3. The van der Waals surface area contributed by atoms with E-state index >= 15 is 0 Å². The second kappa shape index (κ2) is 11.9. The van der Waals surface area contributed by atoms with E-state index in [4.69, 9.17) is 19.2 Å². The first-order valence-electron chi connectivity index (χ1n) is 14.0. The quantitative estimate of drug-likeness (QED) is 0.270. The summed E-state index contributed by atoms with van der Waals surface area (Å²) in [6.45, 7) is 3.73. The molecule has 1 aliphatic rings. The summed E-state index contributed by atoms with van der Waals surface area (Å²) < 4.78 is 18.8. The van der Waals surface area contributed by atoms with E-state index in [1.54, 1.807) is 45.0 Å². The van der Waals surface area contributed by atoms with E-state index in [2.05, 4.69) is 5.32 Å². The van der Waals surface area contributed by atoms with E-state index < -0.39 is 6.04 Å². The van der Waals surface area contributed by atoms with Gasteiger partial charge in [0.05, 0.1) is 43.2 Å². The summed E-state index contributed by atoms with van der Waals surface area (Å²) in [7, 11) is 4.73. The average Bonchev–Trinajstić information content (AvgIpc) is 3.34. The van der Waals surface area contributed by atoms with Crippen molar-refractivity contribution >= 4 is 39.8 Å². The largest absolute Gasteiger partial charge is 0.496 e. The SMILES string of the molecule is COc1ccc([C@@H]2C(C(=O)Nc3ccccc3C)=C(C)N=c3s/c(=C\c4c(OC)ccc5ccccc45)c(=O)n32)cc1OC. The van der Waals surface area contributed by atoms with Gasteiger partial charge in [0.2, 0.25) is 0 Å². The number of para-hydroxylation sites is 1. The lowest BCUT2D eigenvalue weighted by Crippen LogP contribution is -2.40. The lowest BCUT2D eigenvalue weighted by molar-refractivity contribution is -0.113. The van der Waals surface area contributed by atoms with Crippen LogP contribution in [-0.4, -0.2) is 31.8 Å². The lowest BCUT2D eigenvalue weighted by atomic mass is 9.94. The molecule has 0 aliphatic carbocycles. The van der Waals surface area contributed by atoms with Crippen LogP contribution in [0.2, 0.25) is 0 Å². The highest BCUT2D eigenvalue weighted by Gasteiger charge is 2.33. The Morgan fingerprint density at radius 3 is 2.34 bits per heavy atom. The van der Waals surface area contributed by atoms with E-state index in [1.807, 2.05) is 79.7 Å². The van der Waals surface area contributed by atoms with Crippen molar-refractivity contribution in [1.29, 1.82) is 0 Å². The number of amides is 1. The van der Waals surface area contributed by atoms with Crippen LogP contribution in [0.5, 0.6) is 17.2 Å². The summed E-state index contributed by atoms with van der Waals surface area (Å²) in [6, 6.07) is 24.1. The van der Waals surface area contributed by atoms with Crippen molar-refractivity contribution in [3.8, 4) is 17.2 Å². The zero-order valence-corrected chi connectivity index (χ0v) is 25.8. The fourth-order valence-electron chi connectivity index (χ4n) is 5.59. The number of nitrogens with zero attached hydrogens (tertiary/aromatic N) is 2. The summed E-state index contributed by atoms with van der Waals surface area (Å²) in [6.07, 6.45) is 1.85. The molecule has 2 heterocycles. The first-order valence-corrected chi connectivity index (χ1v) is 14.8. The van der Waals surface area contributed by atoms with Gasteiger partial charge in [-0.15, -0.1) is 0 Å². The van der Waals surface area contributed by atoms with Gasteiger partial charge in [0, 0.05) is 11.3 Å². The van der Waals surface area contributed by atoms with Crippen LogP contribution >= 0.6 is 11.3 Å². The molecule has 9 heteroatoms. The fourth-order valence-corrected chi connectivity index (χ4v) is 6.61. The van der Waals surface area contributed by atoms with Gasteiger partial charge in [0.25, 0.3) is 11.5 Å². The van der Waals surface area contributed by atoms with Gasteiger partial charge in [-0.2, -0.15) is 0 Å². The van der Waals surface area contributed by atoms with Crippen molar-refractivity contribution in [2.45, 2.75) is 19.9 Å². The molecule has 0 bridgehead atoms. The second-order valence-corrected chi connectivity index (χ2v) is 11.4. The Bertz CT molecular complexity index is 2140. The normalized spacial score (nSPS) is 14.7. The summed E-state index contributed by atoms with van der Waals surface area (Å²) in [5.41, 5.74) is 3.70. The standard InChI is InChI=1S/C35H31N3O5S/c1-20-10-6-9-13-26(20)37-33(39)31-21(2)36-35-38(32(31)23-15-17-28(42-4)29(18-23)43-5)34(40)30(44-35)19-25-24-12-8-7-11-22(24)14-16-27(25)41-3/h6-19,32H,1-5H3,(H,37,39)/b30-19-/t32-/m1/s1. The number of ether oxygens (including phenoxy) is 3. The van der Waals surface area contributed by atoms with E-state index in [9.17, 15) is 9.59 Å². The minimum atomic E-state index is -0.772. The third-order valence-electron chi connectivity index (χ3n) is 7.81. The van der Waals surface area contributed by atoms with Gasteiger partial charge in [0.15, 0.2) is 16.3 Å². The predicted molar refractivity (Wildman–Crippen MR) is 174 cm³/mol. The molecule has 0 radical (unpaired) electrons. The number of thiazole rings is 1. The maximum atomic E-state index is 14.3. The Morgan fingerprint density at radius 1 is 0.886 bits per heavy atom. The van der Waals surface area contributed by atoms with Crippen molar-refractivity contribution in [1.82, 2.24) is 4.57 Å². The molecule has 1 N–H and O–H groups in total. The van der Waals surface area contributed by atoms with Gasteiger partial charge in [-0.3, -0.25) is 14.2 Å². The van der Waals surface area contributed by atoms with Gasteiger partial charge in [-0.1, -0.05) is 65.9 Å². The minimum absolute atomic E-state index is 0.266. The van der Waals surface area contributed by atoms with Crippen LogP contribution in [0.25, 0.3) is 16.8 Å². The number of aryl methyl sites for hydroxylation is 1. The maximum Gasteiger partial charge on any atom is 0.271 e. The van der Waals surface area contributed by atoms with Gasteiger partial charge in [-0.05, 0) is 66.1 Å². The molecule has 5 aromatic rings. The number of methoxy groups -OCH3 is 3. The molecule has 0 unspecified atom stereocenters. The number of rotatable bonds is 7. The van der Waals surface area contributed by atoms with Crippen molar-refractivity contribution in [2.75, 3.05) is 26.6 Å². The summed E-state index contributed by atoms with van der Waals surface area (Å²) in [5.74, 6) is 1.34. The van der Waals surface area contributed by atoms with Crippen LogP contribution in [0.15, 0.2) is 99.9 Å². The molecule has 4 aromatic carbocycles. The average molecular weight is 606 g/mol. The van der Waals surface area contributed by atoms with Crippen LogP contribution in [0.3, 0.4) is 0 Å². The summed E-state index contributed by atoms with van der Waals surface area (Å²) >= 11 is 1.28. The number of aromatic nitrogens is 1. The molecule has 0 saturated carbocycles. The van der Waals surface area contributed by atoms with Gasteiger partial charge in [0.1, 0.15) is 5.75 Å². The fraction of sp³-hybridized carbons (Fsp3) is 0.171. The Kier molecular flexibility index (Phi) is 7.80. The monoisotopic (exact) mass is 605 g/mol. The van der Waals surface area contributed by atoms with Gasteiger partial charge >= 0.3 is 0 Å². The third-order valence-corrected chi connectivity index (χ3v) is 8.79. The summed E-state index contributed by atoms with van der Waals surface area (Å²) in [4.78, 5) is 33.6. The molecule has 1 amide bonds. The predicted octanol–water partition coefficient (Wildman–Crippen LogP) is 5.36. The van der Waals surface area contributed by atoms with E-state index in [-0.39, 0.29) is 11.5 Å². The van der Waals surface area contributed by atoms with Crippen molar-refractivity contribution in [3.05, 3.63) is 127 Å². The van der Waals surface area contributed by atoms with E-state index in [1.165, 1.54) is 11.3 Å². The minimum Gasteiger partial charge on any atom is -0.496 e. The zero-order valence-electron chi connectivity index (χ0n) is 25.0. The highest BCUT2D eigenvalue weighted by molar-refractivity contribution is 7.07. The highest BCUT2D eigenvalue weighted by Crippen LogP contribution is 2.36. The second-order valence-electron chi connectivity index (χ2n) is 10.4. The van der Waals surface area contributed by atoms with Gasteiger partial charge in [-0.25, -0.2) is 4.99 Å². The Morgan fingerprint density at radius 2 is 1.59 bits per heavy atom. The molecule has 0 fully saturated rings. The van der Waals surface area contributed by atoms with E-state index in [0.717, 1.165) is 21.9 Å². The topological polar surface area (TPSA) is 91.2 Å². The molecular formula is C35H31N3O5S. The molecule has 1 aromatic heterocycles. The third kappa shape index (κ3) is 5.05. The molecule has 0 spiro atoms. The number of benzene rings is 4. The molecule has 0 saturated heterocycles. The smallest absolute Gasteiger partial charge is 0.271 e. The van der Waals surface area contributed by atoms with Gasteiger partial charge < -0.3 is 19.5 Å². The molecule has 1 atom stereocenters. The Labute approximate surface area is 258 Å². The molecule has 44 heavy (non-hydrogen) atoms. The number of anilines is 1. The number of hydrogen-bond acceptors (Lipinski definition) is 7. The van der Waals surface area contributed by atoms with Crippen LogP contribution in [0.4, 0.5) is 5.69 Å². The van der Waals surface area contributed by atoms with Crippen molar-refractivity contribution < 1.29 is 19.0 Å². The van der Waals surface area contributed by atoms with Crippen molar-refractivity contribution in [3.63, 3.8) is 0 Å². The maximum absolute atomic E-state index is 14.3. The molecule has 6 rings (SSSR count). The van der Waals surface area contributed by atoms with Crippen LogP contribution in [0, 0.1) is 6.92 Å². The number of fused-ring (bicyclic) bond motifs is 2. The van der Waals surface area contributed by atoms with Crippen molar-refractivity contribution in [2.24, 2.45) is 4.99 Å². The Hall–Kier alpha value is -5.15. The van der Waals surface area contributed by atoms with Crippen LogP contribution in [0.1, 0.15) is 29.7 Å². The number of carbonyl (C=O) groups excluding carboxylic acids is 1. The van der Waals surface area contributed by atoms with Crippen LogP contribution < -0.4 is 34.4 Å². The highest BCUT2D eigenvalue weighted by atomic mass is 32.1. The lowest BCUT2D eigenvalue weighted by Gasteiger charge is -2.26. The zero-order chi connectivity index (χ0) is 31.0. The molecular weight excluding hydrogens is 574 g/mol. The van der Waals surface area contributed by atoms with Crippen LogP contribution in [-0.2, 0) is 4.79 Å². The number of allylic oxidation sites excluding steroid dienone is 1. The van der Waals surface area contributed by atoms with E-state index in [0.29, 0.717) is 49.1 Å². The summed E-state index contributed by atoms with van der Waals surface area (Å²) in [5, 5.41) is 5.04. The molecule has 222 valence electrons. The Balaban J connectivity index is 1.58. The number of carbonyl (C=O) groups is 1. The molecule has 1 aliphatic heterocycles. The number of nitrogens with one attached hydrogen (secondary N) is 1. The first kappa shape index (κ1) is 28.9.